The van der Waals surface area contributed by atoms with Crippen LogP contribution in [0.1, 0.15) is 11.3 Å². The van der Waals surface area contributed by atoms with E-state index in [2.05, 4.69) is 23.3 Å². The number of nitrogens with two attached hydrogens (primary N) is 1. The summed E-state index contributed by atoms with van der Waals surface area (Å²) in [7, 11) is 1.55. The Balaban J connectivity index is 0.00000220. The summed E-state index contributed by atoms with van der Waals surface area (Å²) in [5, 5.41) is 5.32. The zero-order valence-corrected chi connectivity index (χ0v) is 14.2. The van der Waals surface area contributed by atoms with Crippen molar-refractivity contribution in [2.24, 2.45) is 5.73 Å². The molecule has 0 saturated heterocycles. The van der Waals surface area contributed by atoms with Crippen molar-refractivity contribution in [2.45, 2.75) is 19.4 Å². The highest BCUT2D eigenvalue weighted by atomic mass is 35.5. The van der Waals surface area contributed by atoms with Crippen LogP contribution >= 0.6 is 35.1 Å². The maximum atomic E-state index is 11.8. The molecule has 0 aliphatic heterocycles. The first-order valence-corrected chi connectivity index (χ1v) is 7.87. The Morgan fingerprint density at radius 2 is 2.29 bits per heavy atom. The zero-order valence-electron chi connectivity index (χ0n) is 11.8. The number of thiophene rings is 1. The van der Waals surface area contributed by atoms with Crippen molar-refractivity contribution in [3.8, 4) is 10.6 Å². The Labute approximate surface area is 137 Å². The highest BCUT2D eigenvalue weighted by Crippen LogP contribution is 2.30. The molecule has 2 rings (SSSR count). The third kappa shape index (κ3) is 5.05. The molecule has 0 aromatic carbocycles. The molecule has 1 atom stereocenters. The lowest BCUT2D eigenvalue weighted by Crippen LogP contribution is -2.28. The fourth-order valence-electron chi connectivity index (χ4n) is 1.66. The molecule has 2 heterocycles. The van der Waals surface area contributed by atoms with E-state index in [1.54, 1.807) is 18.4 Å². The van der Waals surface area contributed by atoms with Gasteiger partial charge >= 0.3 is 0 Å². The van der Waals surface area contributed by atoms with Gasteiger partial charge in [0.25, 0.3) is 0 Å². The van der Waals surface area contributed by atoms with E-state index in [9.17, 15) is 4.79 Å². The summed E-state index contributed by atoms with van der Waals surface area (Å²) in [6.45, 7) is 2.38. The molecule has 1 amide bonds. The number of rotatable bonds is 6. The Kier molecular flexibility index (Phi) is 7.27. The molecule has 1 unspecified atom stereocenters. The van der Waals surface area contributed by atoms with Gasteiger partial charge in [-0.25, -0.2) is 4.98 Å². The Morgan fingerprint density at radius 3 is 2.86 bits per heavy atom. The van der Waals surface area contributed by atoms with Crippen LogP contribution in [-0.4, -0.2) is 30.6 Å². The summed E-state index contributed by atoms with van der Waals surface area (Å²) in [6, 6.07) is 4.10. The number of aromatic nitrogens is 1. The second-order valence-corrected chi connectivity index (χ2v) is 6.44. The average molecular weight is 348 g/mol. The quantitative estimate of drug-likeness (QED) is 0.842. The predicted octanol–water partition coefficient (Wildman–Crippen LogP) is 2.90. The van der Waals surface area contributed by atoms with Crippen LogP contribution in [-0.2, 0) is 9.53 Å². The van der Waals surface area contributed by atoms with Crippen LogP contribution in [0.15, 0.2) is 17.5 Å². The van der Waals surface area contributed by atoms with E-state index in [-0.39, 0.29) is 30.8 Å². The van der Waals surface area contributed by atoms with Crippen molar-refractivity contribution in [1.29, 1.82) is 0 Å². The fraction of sp³-hybridized carbons (Fsp3) is 0.385. The summed E-state index contributed by atoms with van der Waals surface area (Å²) in [5.74, 6) is -0.134. The predicted molar refractivity (Wildman–Crippen MR) is 90.5 cm³/mol. The normalized spacial score (nSPS) is 11.8. The van der Waals surface area contributed by atoms with Gasteiger partial charge in [-0.1, -0.05) is 0 Å². The number of aryl methyl sites for hydroxylation is 1. The molecular weight excluding hydrogens is 330 g/mol. The number of hydrogen-bond donors (Lipinski definition) is 2. The van der Waals surface area contributed by atoms with E-state index >= 15 is 0 Å². The van der Waals surface area contributed by atoms with Crippen LogP contribution in [0.25, 0.3) is 10.6 Å². The van der Waals surface area contributed by atoms with Crippen LogP contribution in [0.3, 0.4) is 0 Å². The van der Waals surface area contributed by atoms with Gasteiger partial charge in [0.1, 0.15) is 0 Å². The number of carbonyl (C=O) groups is 1. The molecule has 0 bridgehead atoms. The van der Waals surface area contributed by atoms with E-state index in [4.69, 9.17) is 10.5 Å². The molecule has 3 N–H and O–H groups in total. The van der Waals surface area contributed by atoms with Crippen molar-refractivity contribution < 1.29 is 9.53 Å². The van der Waals surface area contributed by atoms with Crippen molar-refractivity contribution in [3.05, 3.63) is 22.4 Å². The van der Waals surface area contributed by atoms with Crippen LogP contribution in [0.4, 0.5) is 5.13 Å². The topological polar surface area (TPSA) is 77.2 Å². The van der Waals surface area contributed by atoms with E-state index in [0.29, 0.717) is 11.7 Å². The minimum Gasteiger partial charge on any atom is -0.380 e. The number of thiazole rings is 1. The van der Waals surface area contributed by atoms with Crippen molar-refractivity contribution in [2.75, 3.05) is 19.0 Å². The third-order valence-corrected chi connectivity index (χ3v) is 4.53. The maximum Gasteiger partial charge on any atom is 0.228 e. The SMILES string of the molecule is COC(CN)CC(=O)Nc1nc(-c2ccc(C)s2)cs1.Cl. The van der Waals surface area contributed by atoms with Gasteiger partial charge in [0, 0.05) is 23.9 Å². The van der Waals surface area contributed by atoms with Crippen LogP contribution in [0.5, 0.6) is 0 Å². The van der Waals surface area contributed by atoms with Gasteiger partial charge in [-0.05, 0) is 19.1 Å². The molecule has 0 aliphatic carbocycles. The summed E-state index contributed by atoms with van der Waals surface area (Å²) < 4.78 is 5.08. The molecule has 0 spiro atoms. The number of carbonyl (C=O) groups excluding carboxylic acids is 1. The molecule has 0 aliphatic rings. The standard InChI is InChI=1S/C13H17N3O2S2.ClH/c1-8-3-4-11(20-8)10-7-19-13(15-10)16-12(17)5-9(6-14)18-2;/h3-4,7,9H,5-6,14H2,1-2H3,(H,15,16,17);1H. The van der Waals surface area contributed by atoms with Crippen LogP contribution < -0.4 is 11.1 Å². The minimum absolute atomic E-state index is 0. The molecule has 0 saturated carbocycles. The lowest BCUT2D eigenvalue weighted by Gasteiger charge is -2.11. The maximum absolute atomic E-state index is 11.8. The molecule has 8 heteroatoms. The van der Waals surface area contributed by atoms with E-state index < -0.39 is 0 Å². The summed E-state index contributed by atoms with van der Waals surface area (Å²) >= 11 is 3.10. The molecular formula is C13H18ClN3O2S2. The van der Waals surface area contributed by atoms with Gasteiger partial charge in [0.2, 0.25) is 5.91 Å². The van der Waals surface area contributed by atoms with Gasteiger partial charge in [-0.15, -0.1) is 35.1 Å². The summed E-state index contributed by atoms with van der Waals surface area (Å²) in [5.41, 5.74) is 6.38. The largest absolute Gasteiger partial charge is 0.380 e. The lowest BCUT2D eigenvalue weighted by atomic mass is 10.2. The number of methoxy groups -OCH3 is 1. The van der Waals surface area contributed by atoms with Gasteiger partial charge in [0.05, 0.1) is 23.1 Å². The number of amides is 1. The summed E-state index contributed by atoms with van der Waals surface area (Å²) in [6.07, 6.45) is -0.0191. The number of anilines is 1. The van der Waals surface area contributed by atoms with Crippen molar-refractivity contribution in [1.82, 2.24) is 4.98 Å². The smallest absolute Gasteiger partial charge is 0.228 e. The molecule has 116 valence electrons. The minimum atomic E-state index is -0.255. The molecule has 21 heavy (non-hydrogen) atoms. The Morgan fingerprint density at radius 1 is 1.52 bits per heavy atom. The van der Waals surface area contributed by atoms with Crippen molar-refractivity contribution in [3.63, 3.8) is 0 Å². The second kappa shape index (κ2) is 8.45. The van der Waals surface area contributed by atoms with Gasteiger partial charge in [-0.2, -0.15) is 0 Å². The molecule has 5 nitrogen and oxygen atoms in total. The van der Waals surface area contributed by atoms with E-state index in [1.807, 2.05) is 11.4 Å². The number of nitrogens with zero attached hydrogens (tertiary/aromatic N) is 1. The van der Waals surface area contributed by atoms with E-state index in [0.717, 1.165) is 10.6 Å². The Bertz CT molecular complexity index is 581. The average Bonchev–Trinajstić information content (AvgIpc) is 3.05. The highest BCUT2D eigenvalue weighted by Gasteiger charge is 2.13. The first kappa shape index (κ1) is 18.1. The zero-order chi connectivity index (χ0) is 14.5. The van der Waals surface area contributed by atoms with E-state index in [1.165, 1.54) is 16.2 Å². The van der Waals surface area contributed by atoms with Gasteiger partial charge < -0.3 is 15.8 Å². The third-order valence-electron chi connectivity index (χ3n) is 2.75. The van der Waals surface area contributed by atoms with Crippen LogP contribution in [0, 0.1) is 6.92 Å². The lowest BCUT2D eigenvalue weighted by molar-refractivity contribution is -0.118. The first-order chi connectivity index (χ1) is 9.62. The van der Waals surface area contributed by atoms with Crippen molar-refractivity contribution >= 4 is 46.1 Å². The molecule has 2 aromatic heterocycles. The molecule has 0 radical (unpaired) electrons. The summed E-state index contributed by atoms with van der Waals surface area (Å²) in [4.78, 5) is 18.6. The monoisotopic (exact) mass is 347 g/mol. The van der Waals surface area contributed by atoms with Crippen LogP contribution in [0.2, 0.25) is 0 Å². The number of ether oxygens (including phenoxy) is 1. The molecule has 0 fully saturated rings. The second-order valence-electron chi connectivity index (χ2n) is 4.29. The highest BCUT2D eigenvalue weighted by molar-refractivity contribution is 7.17. The number of nitrogens with one attached hydrogen (secondary N) is 1. The Hall–Kier alpha value is -0.990. The fourth-order valence-corrected chi connectivity index (χ4v) is 3.29. The number of hydrogen-bond acceptors (Lipinski definition) is 6. The van der Waals surface area contributed by atoms with Gasteiger partial charge in [-0.3, -0.25) is 4.79 Å². The van der Waals surface area contributed by atoms with Gasteiger partial charge in [0.15, 0.2) is 5.13 Å². The first-order valence-electron chi connectivity index (χ1n) is 6.17. The molecule has 2 aromatic rings. The number of halogens is 1.